The number of fused-ring (bicyclic) bond motifs is 1. The van der Waals surface area contributed by atoms with Gasteiger partial charge in [-0.05, 0) is 99.5 Å². The van der Waals surface area contributed by atoms with E-state index in [0.29, 0.717) is 12.7 Å². The summed E-state index contributed by atoms with van der Waals surface area (Å²) in [6, 6.07) is 9.51. The SMILES string of the molecule is COCOC(C)(C)CCC/C=C1\C(OC(=O)Nc2ccccc2)CC2C(O[Si](C)(C)C(C)(C)C)CCCC12C. The predicted octanol–water partition coefficient (Wildman–Crippen LogP) is 8.70. The van der Waals surface area contributed by atoms with Crippen molar-refractivity contribution in [2.24, 2.45) is 11.3 Å². The number of ether oxygens (including phenoxy) is 3. The van der Waals surface area contributed by atoms with Crippen molar-refractivity contribution in [1.29, 1.82) is 0 Å². The second kappa shape index (κ2) is 12.9. The van der Waals surface area contributed by atoms with E-state index in [-0.39, 0.29) is 28.3 Å². The normalized spacial score (nSPS) is 26.9. The average Bonchev–Trinajstić information content (AvgIpc) is 3.12. The van der Waals surface area contributed by atoms with E-state index < -0.39 is 14.4 Å². The topological polar surface area (TPSA) is 66.0 Å². The first kappa shape index (κ1) is 31.8. The largest absolute Gasteiger partial charge is 0.441 e. The average molecular weight is 560 g/mol. The molecule has 1 N–H and O–H groups in total. The van der Waals surface area contributed by atoms with Crippen LogP contribution in [-0.4, -0.2) is 46.1 Å². The van der Waals surface area contributed by atoms with Crippen LogP contribution in [0.1, 0.15) is 86.5 Å². The summed E-state index contributed by atoms with van der Waals surface area (Å²) in [5.74, 6) is 0.336. The fourth-order valence-electron chi connectivity index (χ4n) is 6.01. The Kier molecular flexibility index (Phi) is 10.5. The lowest BCUT2D eigenvalue weighted by atomic mass is 9.66. The van der Waals surface area contributed by atoms with Crippen LogP contribution in [0, 0.1) is 11.3 Å². The summed E-state index contributed by atoms with van der Waals surface area (Å²) >= 11 is 0. The number of methoxy groups -OCH3 is 1. The standard InChI is InChI=1S/C32H53NO5Si/c1-30(2,3)39(8,9)38-27-19-15-21-32(6)25(18-13-14-20-31(4,5)36-23-35-7)28(22-26(27)32)37-29(34)33-24-16-11-10-12-17-24/h10-12,16-18,26-28H,13-15,19-23H2,1-9H3,(H,33,34)/b25-18+. The highest BCUT2D eigenvalue weighted by atomic mass is 28.4. The van der Waals surface area contributed by atoms with Crippen molar-refractivity contribution in [3.63, 3.8) is 0 Å². The van der Waals surface area contributed by atoms with Crippen LogP contribution in [-0.2, 0) is 18.6 Å². The number of unbranched alkanes of at least 4 members (excludes halogenated alkanes) is 1. The molecule has 3 rings (SSSR count). The summed E-state index contributed by atoms with van der Waals surface area (Å²) in [7, 11) is -0.288. The number of rotatable bonds is 11. The van der Waals surface area contributed by atoms with Crippen LogP contribution in [0.25, 0.3) is 0 Å². The second-order valence-electron chi connectivity index (χ2n) is 13.8. The van der Waals surface area contributed by atoms with Crippen molar-refractivity contribution < 1.29 is 23.4 Å². The van der Waals surface area contributed by atoms with Gasteiger partial charge >= 0.3 is 6.09 Å². The van der Waals surface area contributed by atoms with Crippen molar-refractivity contribution in [2.45, 2.75) is 122 Å². The highest BCUT2D eigenvalue weighted by Gasteiger charge is 2.55. The minimum atomic E-state index is -1.94. The first-order valence-corrected chi connectivity index (χ1v) is 17.6. The number of nitrogens with one attached hydrogen (secondary N) is 1. The van der Waals surface area contributed by atoms with Gasteiger partial charge in [-0.1, -0.05) is 58.4 Å². The van der Waals surface area contributed by atoms with Gasteiger partial charge in [0.15, 0.2) is 8.32 Å². The van der Waals surface area contributed by atoms with E-state index >= 15 is 0 Å². The van der Waals surface area contributed by atoms with Crippen molar-refractivity contribution in [3.05, 3.63) is 42.0 Å². The van der Waals surface area contributed by atoms with Gasteiger partial charge in [-0.15, -0.1) is 0 Å². The molecule has 0 radical (unpaired) electrons. The molecule has 0 aromatic heterocycles. The Morgan fingerprint density at radius 2 is 1.85 bits per heavy atom. The summed E-state index contributed by atoms with van der Waals surface area (Å²) in [6.07, 6.45) is 8.88. The van der Waals surface area contributed by atoms with E-state index in [2.05, 4.69) is 66.0 Å². The lowest BCUT2D eigenvalue weighted by molar-refractivity contribution is -0.117. The maximum Gasteiger partial charge on any atom is 0.412 e. The molecule has 4 atom stereocenters. The highest BCUT2D eigenvalue weighted by molar-refractivity contribution is 6.74. The Bertz CT molecular complexity index is 971. The minimum Gasteiger partial charge on any atom is -0.441 e. The van der Waals surface area contributed by atoms with Gasteiger partial charge in [-0.25, -0.2) is 4.79 Å². The van der Waals surface area contributed by atoms with Crippen LogP contribution < -0.4 is 5.32 Å². The zero-order valence-corrected chi connectivity index (χ0v) is 26.9. The molecular weight excluding hydrogens is 506 g/mol. The fourth-order valence-corrected chi connectivity index (χ4v) is 7.40. The van der Waals surface area contributed by atoms with Gasteiger partial charge in [0.25, 0.3) is 0 Å². The number of carbonyl (C=O) groups is 1. The van der Waals surface area contributed by atoms with Crippen LogP contribution in [0.4, 0.5) is 10.5 Å². The number of benzene rings is 1. The van der Waals surface area contributed by atoms with Crippen LogP contribution in [0.2, 0.25) is 18.1 Å². The number of amides is 1. The zero-order chi connectivity index (χ0) is 28.9. The van der Waals surface area contributed by atoms with Crippen molar-refractivity contribution >= 4 is 20.1 Å². The number of hydrogen-bond donors (Lipinski definition) is 1. The van der Waals surface area contributed by atoms with Crippen LogP contribution in [0.3, 0.4) is 0 Å². The first-order valence-electron chi connectivity index (χ1n) is 14.7. The summed E-state index contributed by atoms with van der Waals surface area (Å²) in [5, 5.41) is 3.07. The van der Waals surface area contributed by atoms with Gasteiger partial charge in [-0.2, -0.15) is 0 Å². The van der Waals surface area contributed by atoms with Crippen LogP contribution in [0.15, 0.2) is 42.0 Å². The van der Waals surface area contributed by atoms with Gasteiger partial charge in [0.05, 0.1) is 5.60 Å². The summed E-state index contributed by atoms with van der Waals surface area (Å²) in [4.78, 5) is 13.0. The van der Waals surface area contributed by atoms with Crippen LogP contribution >= 0.6 is 0 Å². The van der Waals surface area contributed by atoms with Gasteiger partial charge < -0.3 is 18.6 Å². The minimum absolute atomic E-state index is 0.0367. The molecule has 2 saturated carbocycles. The predicted molar refractivity (Wildman–Crippen MR) is 161 cm³/mol. The molecule has 0 saturated heterocycles. The molecule has 1 amide bonds. The number of hydrogen-bond acceptors (Lipinski definition) is 5. The molecule has 39 heavy (non-hydrogen) atoms. The molecule has 6 nitrogen and oxygen atoms in total. The first-order chi connectivity index (χ1) is 18.2. The van der Waals surface area contributed by atoms with E-state index in [1.54, 1.807) is 7.11 Å². The van der Waals surface area contributed by atoms with Crippen molar-refractivity contribution in [3.8, 4) is 0 Å². The van der Waals surface area contributed by atoms with Gasteiger partial charge in [0.1, 0.15) is 12.9 Å². The molecule has 7 heteroatoms. The molecule has 2 aliphatic rings. The van der Waals surface area contributed by atoms with E-state index in [1.807, 2.05) is 30.3 Å². The smallest absolute Gasteiger partial charge is 0.412 e. The molecule has 1 aromatic rings. The molecule has 0 bridgehead atoms. The lowest BCUT2D eigenvalue weighted by Crippen LogP contribution is -2.49. The Labute approximate surface area is 238 Å². The number of carbonyl (C=O) groups excluding carboxylic acids is 1. The monoisotopic (exact) mass is 559 g/mol. The summed E-state index contributed by atoms with van der Waals surface area (Å²) < 4.78 is 24.2. The molecule has 0 spiro atoms. The second-order valence-corrected chi connectivity index (χ2v) is 18.6. The van der Waals surface area contributed by atoms with Gasteiger partial charge in [-0.3, -0.25) is 5.32 Å². The van der Waals surface area contributed by atoms with Crippen LogP contribution in [0.5, 0.6) is 0 Å². The summed E-state index contributed by atoms with van der Waals surface area (Å²) in [6.45, 7) is 18.5. The Hall–Kier alpha value is -1.67. The van der Waals surface area contributed by atoms with E-state index in [0.717, 1.165) is 50.6 Å². The molecule has 2 aliphatic carbocycles. The van der Waals surface area contributed by atoms with E-state index in [1.165, 1.54) is 5.57 Å². The van der Waals surface area contributed by atoms with Crippen molar-refractivity contribution in [1.82, 2.24) is 0 Å². The highest BCUT2D eigenvalue weighted by Crippen LogP contribution is 2.58. The fraction of sp³-hybridized carbons (Fsp3) is 0.719. The maximum absolute atomic E-state index is 13.0. The molecule has 220 valence electrons. The zero-order valence-electron chi connectivity index (χ0n) is 25.9. The molecular formula is C32H53NO5Si. The lowest BCUT2D eigenvalue weighted by Gasteiger charge is -2.47. The Morgan fingerprint density at radius 3 is 2.49 bits per heavy atom. The van der Waals surface area contributed by atoms with Gasteiger partial charge in [0, 0.05) is 18.9 Å². The third kappa shape index (κ3) is 8.18. The van der Waals surface area contributed by atoms with Gasteiger partial charge in [0.2, 0.25) is 0 Å². The number of anilines is 1. The Morgan fingerprint density at radius 1 is 1.15 bits per heavy atom. The number of para-hydroxylation sites is 1. The molecule has 1 aromatic carbocycles. The molecule has 2 fully saturated rings. The summed E-state index contributed by atoms with van der Waals surface area (Å²) in [5.41, 5.74) is 1.74. The molecule has 0 heterocycles. The maximum atomic E-state index is 13.0. The van der Waals surface area contributed by atoms with E-state index in [4.69, 9.17) is 18.6 Å². The van der Waals surface area contributed by atoms with Crippen molar-refractivity contribution in [2.75, 3.05) is 19.2 Å². The Balaban J connectivity index is 1.81. The van der Waals surface area contributed by atoms with E-state index in [9.17, 15) is 4.79 Å². The molecule has 4 unspecified atom stereocenters. The quantitative estimate of drug-likeness (QED) is 0.127. The molecule has 0 aliphatic heterocycles. The number of allylic oxidation sites excluding steroid dienone is 1. The third-order valence-electron chi connectivity index (χ3n) is 9.36. The third-order valence-corrected chi connectivity index (χ3v) is 13.9.